The minimum Gasteiger partial charge on any atom is -0.462 e. The maximum Gasteiger partial charge on any atom is 0.311 e. The Labute approximate surface area is 120 Å². The van der Waals surface area contributed by atoms with Gasteiger partial charge in [0.15, 0.2) is 0 Å². The van der Waals surface area contributed by atoms with Gasteiger partial charge in [0.1, 0.15) is 6.61 Å². The lowest BCUT2D eigenvalue weighted by atomic mass is 10.1. The van der Waals surface area contributed by atoms with Crippen LogP contribution in [0.1, 0.15) is 26.7 Å². The Hall–Kier alpha value is -1.43. The Morgan fingerprint density at radius 2 is 2.10 bits per heavy atom. The van der Waals surface area contributed by atoms with Crippen molar-refractivity contribution in [1.29, 1.82) is 0 Å². The molecular formula is C14H24N4O2. The highest BCUT2D eigenvalue weighted by atomic mass is 16.5. The maximum absolute atomic E-state index is 12.1. The molecule has 0 radical (unpaired) electrons. The standard InChI is InChI=1S/C14H24N4O2/c1-10(2)16-14(15-3)20-9-11-5-6-12-13(19)17(4)7-8-18(11)12/h11-12H,5-9H2,1-4H3. The number of carbonyl (C=O) groups is 1. The van der Waals surface area contributed by atoms with Gasteiger partial charge < -0.3 is 9.64 Å². The van der Waals surface area contributed by atoms with Crippen LogP contribution in [0.5, 0.6) is 0 Å². The lowest BCUT2D eigenvalue weighted by molar-refractivity contribution is -0.139. The largest absolute Gasteiger partial charge is 0.462 e. The predicted molar refractivity (Wildman–Crippen MR) is 79.2 cm³/mol. The number of rotatable bonds is 2. The molecule has 2 atom stereocenters. The Balaban J connectivity index is 1.92. The number of likely N-dealkylation sites (N-methyl/N-ethyl adjacent to an activating group) is 1. The summed E-state index contributed by atoms with van der Waals surface area (Å²) in [6, 6.07) is 0.761. The Morgan fingerprint density at radius 3 is 2.75 bits per heavy atom. The van der Waals surface area contributed by atoms with Crippen molar-refractivity contribution in [3.63, 3.8) is 0 Å². The van der Waals surface area contributed by atoms with Crippen LogP contribution in [0.2, 0.25) is 0 Å². The fourth-order valence-corrected chi connectivity index (χ4v) is 2.86. The van der Waals surface area contributed by atoms with Gasteiger partial charge in [0.25, 0.3) is 0 Å². The van der Waals surface area contributed by atoms with E-state index in [0.29, 0.717) is 18.7 Å². The number of carbonyl (C=O) groups excluding carboxylic acids is 1. The summed E-state index contributed by atoms with van der Waals surface area (Å²) in [5, 5.41) is 0. The predicted octanol–water partition coefficient (Wildman–Crippen LogP) is 0.775. The highest BCUT2D eigenvalue weighted by molar-refractivity contribution is 5.92. The minimum atomic E-state index is 0.0424. The topological polar surface area (TPSA) is 57.5 Å². The van der Waals surface area contributed by atoms with Gasteiger partial charge in [-0.2, -0.15) is 0 Å². The van der Waals surface area contributed by atoms with E-state index in [0.717, 1.165) is 31.6 Å². The molecule has 112 valence electrons. The molecule has 0 aromatic rings. The van der Waals surface area contributed by atoms with Crippen molar-refractivity contribution in [1.82, 2.24) is 9.80 Å². The molecule has 0 bridgehead atoms. The van der Waals surface area contributed by atoms with Crippen LogP contribution >= 0.6 is 0 Å². The van der Waals surface area contributed by atoms with Crippen molar-refractivity contribution in [3.8, 4) is 0 Å². The first-order valence-corrected chi connectivity index (χ1v) is 7.15. The number of amides is 1. The molecule has 1 amide bonds. The van der Waals surface area contributed by atoms with Crippen molar-refractivity contribution in [3.05, 3.63) is 0 Å². The first-order valence-electron chi connectivity index (χ1n) is 7.15. The number of piperazine rings is 1. The number of amidine groups is 1. The van der Waals surface area contributed by atoms with Gasteiger partial charge in [0, 0.05) is 38.9 Å². The van der Waals surface area contributed by atoms with Gasteiger partial charge in [-0.3, -0.25) is 9.69 Å². The number of hydrogen-bond donors (Lipinski definition) is 0. The lowest BCUT2D eigenvalue weighted by Gasteiger charge is -2.37. The third-order valence-corrected chi connectivity index (χ3v) is 3.91. The second-order valence-corrected chi connectivity index (χ2v) is 5.62. The molecule has 2 saturated heterocycles. The van der Waals surface area contributed by atoms with Gasteiger partial charge in [0.05, 0.1) is 6.04 Å². The zero-order valence-electron chi connectivity index (χ0n) is 12.8. The van der Waals surface area contributed by atoms with Crippen LogP contribution in [0.4, 0.5) is 0 Å². The molecule has 6 nitrogen and oxygen atoms in total. The van der Waals surface area contributed by atoms with E-state index >= 15 is 0 Å². The molecule has 20 heavy (non-hydrogen) atoms. The van der Waals surface area contributed by atoms with E-state index in [1.54, 1.807) is 7.05 Å². The quantitative estimate of drug-likeness (QED) is 0.554. The summed E-state index contributed by atoms with van der Waals surface area (Å²) in [5.74, 6) is 0.241. The number of fused-ring (bicyclic) bond motifs is 1. The molecule has 0 aromatic carbocycles. The summed E-state index contributed by atoms with van der Waals surface area (Å²) in [5.41, 5.74) is 0.921. The highest BCUT2D eigenvalue weighted by Crippen LogP contribution is 2.28. The summed E-state index contributed by atoms with van der Waals surface area (Å²) in [6.07, 6.45) is 1.92. The summed E-state index contributed by atoms with van der Waals surface area (Å²) in [4.78, 5) is 24.5. The molecule has 0 aromatic heterocycles. The van der Waals surface area contributed by atoms with Gasteiger partial charge in [0.2, 0.25) is 5.91 Å². The molecule has 0 aliphatic carbocycles. The van der Waals surface area contributed by atoms with E-state index in [1.165, 1.54) is 0 Å². The van der Waals surface area contributed by atoms with Crippen LogP contribution in [0.3, 0.4) is 0 Å². The number of hydrogen-bond acceptors (Lipinski definition) is 4. The van der Waals surface area contributed by atoms with Gasteiger partial charge >= 0.3 is 6.02 Å². The van der Waals surface area contributed by atoms with E-state index in [-0.39, 0.29) is 11.9 Å². The van der Waals surface area contributed by atoms with E-state index in [4.69, 9.17) is 4.74 Å². The SMILES string of the molecule is CN=C(N=C(C)C)OCC1CCC2C(=O)N(C)CCN12. The fourth-order valence-electron chi connectivity index (χ4n) is 2.86. The van der Waals surface area contributed by atoms with Gasteiger partial charge in [-0.1, -0.05) is 0 Å². The Morgan fingerprint density at radius 1 is 1.35 bits per heavy atom. The van der Waals surface area contributed by atoms with Crippen molar-refractivity contribution in [2.75, 3.05) is 33.8 Å². The molecule has 2 unspecified atom stereocenters. The van der Waals surface area contributed by atoms with E-state index in [1.807, 2.05) is 25.8 Å². The third kappa shape index (κ3) is 3.17. The summed E-state index contributed by atoms with van der Waals surface area (Å²) in [6.45, 7) is 6.11. The van der Waals surface area contributed by atoms with Crippen LogP contribution < -0.4 is 0 Å². The third-order valence-electron chi connectivity index (χ3n) is 3.91. The highest BCUT2D eigenvalue weighted by Gasteiger charge is 2.42. The van der Waals surface area contributed by atoms with Crippen LogP contribution in [0.25, 0.3) is 0 Å². The van der Waals surface area contributed by atoms with E-state index in [9.17, 15) is 4.79 Å². The second kappa shape index (κ2) is 6.35. The van der Waals surface area contributed by atoms with Crippen molar-refractivity contribution in [2.45, 2.75) is 38.8 Å². The van der Waals surface area contributed by atoms with Crippen molar-refractivity contribution < 1.29 is 9.53 Å². The number of aliphatic imine (C=N–C) groups is 2. The molecule has 2 aliphatic heterocycles. The van der Waals surface area contributed by atoms with Crippen molar-refractivity contribution in [2.24, 2.45) is 9.98 Å². The monoisotopic (exact) mass is 280 g/mol. The normalized spacial score (nSPS) is 27.5. The molecule has 2 rings (SSSR count). The first kappa shape index (κ1) is 15.0. The van der Waals surface area contributed by atoms with E-state index < -0.39 is 0 Å². The molecular weight excluding hydrogens is 256 g/mol. The molecule has 0 saturated carbocycles. The Kier molecular flexibility index (Phi) is 4.75. The minimum absolute atomic E-state index is 0.0424. The summed E-state index contributed by atoms with van der Waals surface area (Å²) < 4.78 is 5.69. The van der Waals surface area contributed by atoms with Gasteiger partial charge in [-0.15, -0.1) is 0 Å². The zero-order valence-corrected chi connectivity index (χ0v) is 12.8. The average Bonchev–Trinajstić information content (AvgIpc) is 2.82. The van der Waals surface area contributed by atoms with Crippen LogP contribution in [-0.2, 0) is 9.53 Å². The van der Waals surface area contributed by atoms with Crippen LogP contribution in [-0.4, -0.2) is 73.3 Å². The average molecular weight is 280 g/mol. The zero-order chi connectivity index (χ0) is 14.7. The van der Waals surface area contributed by atoms with Crippen molar-refractivity contribution >= 4 is 17.6 Å². The molecule has 0 spiro atoms. The van der Waals surface area contributed by atoms with Gasteiger partial charge in [-0.05, 0) is 26.7 Å². The second-order valence-electron chi connectivity index (χ2n) is 5.62. The fraction of sp³-hybridized carbons (Fsp3) is 0.786. The summed E-state index contributed by atoms with van der Waals surface area (Å²) >= 11 is 0. The number of ether oxygens (including phenoxy) is 1. The molecule has 2 aliphatic rings. The van der Waals surface area contributed by atoms with Gasteiger partial charge in [-0.25, -0.2) is 9.98 Å². The molecule has 2 heterocycles. The first-order chi connectivity index (χ1) is 9.52. The Bertz CT molecular complexity index is 429. The smallest absolute Gasteiger partial charge is 0.311 e. The maximum atomic E-state index is 12.1. The molecule has 0 N–H and O–H groups in total. The molecule has 6 heteroatoms. The molecule has 2 fully saturated rings. The lowest BCUT2D eigenvalue weighted by Crippen LogP contribution is -2.55. The number of nitrogens with zero attached hydrogens (tertiary/aromatic N) is 4. The van der Waals surface area contributed by atoms with Crippen LogP contribution in [0, 0.1) is 0 Å². The summed E-state index contributed by atoms with van der Waals surface area (Å²) in [7, 11) is 3.56. The van der Waals surface area contributed by atoms with Crippen LogP contribution in [0.15, 0.2) is 9.98 Å². The van der Waals surface area contributed by atoms with E-state index in [2.05, 4.69) is 14.9 Å².